The molecule has 1 aromatic heterocycles. The minimum absolute atomic E-state index is 0.0699. The Kier molecular flexibility index (Phi) is 4.22. The molecule has 6 heteroatoms. The van der Waals surface area contributed by atoms with E-state index in [-0.39, 0.29) is 17.1 Å². The Labute approximate surface area is 114 Å². The zero-order valence-electron chi connectivity index (χ0n) is 11.1. The number of rotatable bonds is 4. The number of nitrogens with one attached hydrogen (secondary N) is 1. The third kappa shape index (κ3) is 2.89. The Balaban J connectivity index is 2.41. The zero-order chi connectivity index (χ0) is 14.7. The first kappa shape index (κ1) is 14.3. The molecule has 3 nitrogen and oxygen atoms in total. The molecule has 106 valence electrons. The van der Waals surface area contributed by atoms with Gasteiger partial charge in [-0.15, -0.1) is 0 Å². The Morgan fingerprint density at radius 2 is 1.80 bits per heavy atom. The predicted molar refractivity (Wildman–Crippen MR) is 71.3 cm³/mol. The van der Waals surface area contributed by atoms with Crippen LogP contribution in [0.25, 0.3) is 11.4 Å². The summed E-state index contributed by atoms with van der Waals surface area (Å²) >= 11 is 0. The summed E-state index contributed by atoms with van der Waals surface area (Å²) in [5.74, 6) is -0.0756. The fourth-order valence-corrected chi connectivity index (χ4v) is 1.75. The van der Waals surface area contributed by atoms with Gasteiger partial charge in [-0.3, -0.25) is 0 Å². The summed E-state index contributed by atoms with van der Waals surface area (Å²) in [6.07, 6.45) is -2.52. The van der Waals surface area contributed by atoms with E-state index in [1.165, 1.54) is 31.2 Å². The first-order valence-corrected chi connectivity index (χ1v) is 6.19. The minimum atomic E-state index is -2.52. The molecule has 2 aromatic rings. The smallest absolute Gasteiger partial charge is 0.263 e. The van der Waals surface area contributed by atoms with Crippen molar-refractivity contribution in [3.63, 3.8) is 0 Å². The lowest BCUT2D eigenvalue weighted by Gasteiger charge is -2.09. The number of hydrogen-bond donors (Lipinski definition) is 1. The maximum Gasteiger partial charge on any atom is 0.263 e. The van der Waals surface area contributed by atoms with Gasteiger partial charge in [0.1, 0.15) is 0 Å². The molecule has 0 spiro atoms. The molecule has 0 amide bonds. The van der Waals surface area contributed by atoms with E-state index in [1.807, 2.05) is 6.92 Å². The summed E-state index contributed by atoms with van der Waals surface area (Å²) in [6, 6.07) is 5.64. The monoisotopic (exact) mass is 281 g/mol. The van der Waals surface area contributed by atoms with Crippen LogP contribution in [-0.4, -0.2) is 16.5 Å². The van der Waals surface area contributed by atoms with Crippen molar-refractivity contribution in [1.82, 2.24) is 9.97 Å². The molecular weight excluding hydrogens is 267 g/mol. The number of aryl methyl sites for hydroxylation is 1. The minimum Gasteiger partial charge on any atom is -0.368 e. The van der Waals surface area contributed by atoms with Gasteiger partial charge in [0.15, 0.2) is 17.5 Å². The van der Waals surface area contributed by atoms with Crippen molar-refractivity contribution in [2.45, 2.75) is 20.3 Å². The average molecular weight is 281 g/mol. The molecule has 0 aliphatic heterocycles. The van der Waals surface area contributed by atoms with E-state index in [0.717, 1.165) is 0 Å². The number of hydrogen-bond acceptors (Lipinski definition) is 3. The third-order valence-electron chi connectivity index (χ3n) is 2.78. The van der Waals surface area contributed by atoms with Crippen molar-refractivity contribution in [3.05, 3.63) is 41.3 Å². The first-order chi connectivity index (χ1) is 9.52. The molecule has 20 heavy (non-hydrogen) atoms. The highest BCUT2D eigenvalue weighted by Crippen LogP contribution is 2.24. The Bertz CT molecular complexity index is 597. The largest absolute Gasteiger partial charge is 0.368 e. The molecule has 0 fully saturated rings. The molecule has 0 aliphatic carbocycles. The van der Waals surface area contributed by atoms with Crippen molar-refractivity contribution in [2.75, 3.05) is 11.9 Å². The fraction of sp³-hybridized carbons (Fsp3) is 0.286. The van der Waals surface area contributed by atoms with Gasteiger partial charge in [0.25, 0.3) is 6.43 Å². The molecular formula is C14H14F3N3. The second-order valence-electron chi connectivity index (χ2n) is 4.25. The molecule has 0 saturated heterocycles. The average Bonchev–Trinajstić information content (AvgIpc) is 2.44. The SMILES string of the molecule is CCNc1nc(-c2ccc(C(F)F)cc2)nc(C)c1F. The van der Waals surface area contributed by atoms with Crippen molar-refractivity contribution in [1.29, 1.82) is 0 Å². The summed E-state index contributed by atoms with van der Waals surface area (Å²) in [7, 11) is 0. The predicted octanol–water partition coefficient (Wildman–Crippen LogP) is 3.96. The second-order valence-corrected chi connectivity index (χ2v) is 4.25. The van der Waals surface area contributed by atoms with Crippen LogP contribution in [0.15, 0.2) is 24.3 Å². The van der Waals surface area contributed by atoms with Crippen molar-refractivity contribution in [3.8, 4) is 11.4 Å². The number of anilines is 1. The molecule has 1 N–H and O–H groups in total. The fourth-order valence-electron chi connectivity index (χ4n) is 1.75. The third-order valence-corrected chi connectivity index (χ3v) is 2.78. The van der Waals surface area contributed by atoms with E-state index in [4.69, 9.17) is 0 Å². The molecule has 1 aromatic carbocycles. The van der Waals surface area contributed by atoms with Crippen molar-refractivity contribution >= 4 is 5.82 Å². The summed E-state index contributed by atoms with van der Waals surface area (Å²) in [5.41, 5.74) is 0.708. The second kappa shape index (κ2) is 5.90. The van der Waals surface area contributed by atoms with Crippen LogP contribution in [0.5, 0.6) is 0 Å². The number of benzene rings is 1. The van der Waals surface area contributed by atoms with Gasteiger partial charge in [-0.2, -0.15) is 0 Å². The number of aromatic nitrogens is 2. The quantitative estimate of drug-likeness (QED) is 0.921. The van der Waals surface area contributed by atoms with E-state index >= 15 is 0 Å². The van der Waals surface area contributed by atoms with E-state index in [2.05, 4.69) is 15.3 Å². The van der Waals surface area contributed by atoms with Gasteiger partial charge < -0.3 is 5.32 Å². The molecule has 0 radical (unpaired) electrons. The van der Waals surface area contributed by atoms with E-state index in [9.17, 15) is 13.2 Å². The number of nitrogens with zero attached hydrogens (tertiary/aromatic N) is 2. The zero-order valence-corrected chi connectivity index (χ0v) is 11.1. The topological polar surface area (TPSA) is 37.8 Å². The number of halogens is 3. The van der Waals surface area contributed by atoms with Crippen LogP contribution in [0.1, 0.15) is 24.6 Å². The number of alkyl halides is 2. The molecule has 2 rings (SSSR count). The summed E-state index contributed by atoms with van der Waals surface area (Å²) < 4.78 is 38.8. The van der Waals surface area contributed by atoms with Crippen LogP contribution in [0.3, 0.4) is 0 Å². The van der Waals surface area contributed by atoms with Gasteiger partial charge in [-0.05, 0) is 13.8 Å². The standard InChI is InChI=1S/C14H14F3N3/c1-3-18-14-11(15)8(2)19-13(20-14)10-6-4-9(5-7-10)12(16)17/h4-7,12H,3H2,1-2H3,(H,18,19,20). The summed E-state index contributed by atoms with van der Waals surface area (Å²) in [5, 5.41) is 2.81. The molecule has 0 bridgehead atoms. The van der Waals surface area contributed by atoms with Crippen LogP contribution in [0.4, 0.5) is 19.0 Å². The van der Waals surface area contributed by atoms with Crippen LogP contribution in [0.2, 0.25) is 0 Å². The Hall–Kier alpha value is -2.11. The lowest BCUT2D eigenvalue weighted by Crippen LogP contribution is -2.06. The molecule has 0 aliphatic rings. The van der Waals surface area contributed by atoms with E-state index in [1.54, 1.807) is 0 Å². The summed E-state index contributed by atoms with van der Waals surface area (Å²) in [4.78, 5) is 8.13. The first-order valence-electron chi connectivity index (χ1n) is 6.19. The summed E-state index contributed by atoms with van der Waals surface area (Å²) in [6.45, 7) is 3.89. The molecule has 0 saturated carbocycles. The lowest BCUT2D eigenvalue weighted by atomic mass is 10.1. The lowest BCUT2D eigenvalue weighted by molar-refractivity contribution is 0.151. The van der Waals surface area contributed by atoms with Gasteiger partial charge in [0.2, 0.25) is 0 Å². The van der Waals surface area contributed by atoms with Gasteiger partial charge in [-0.1, -0.05) is 24.3 Å². The van der Waals surface area contributed by atoms with Crippen LogP contribution in [-0.2, 0) is 0 Å². The van der Waals surface area contributed by atoms with Gasteiger partial charge in [-0.25, -0.2) is 23.1 Å². The van der Waals surface area contributed by atoms with E-state index in [0.29, 0.717) is 17.9 Å². The van der Waals surface area contributed by atoms with Gasteiger partial charge >= 0.3 is 0 Å². The van der Waals surface area contributed by atoms with Gasteiger partial charge in [0, 0.05) is 17.7 Å². The highest BCUT2D eigenvalue weighted by atomic mass is 19.3. The van der Waals surface area contributed by atoms with E-state index < -0.39 is 12.2 Å². The van der Waals surface area contributed by atoms with Crippen molar-refractivity contribution < 1.29 is 13.2 Å². The van der Waals surface area contributed by atoms with Gasteiger partial charge in [0.05, 0.1) is 5.69 Å². The van der Waals surface area contributed by atoms with Crippen LogP contribution < -0.4 is 5.32 Å². The Morgan fingerprint density at radius 1 is 1.15 bits per heavy atom. The maximum atomic E-state index is 13.8. The molecule has 1 heterocycles. The molecule has 0 atom stereocenters. The van der Waals surface area contributed by atoms with Crippen LogP contribution >= 0.6 is 0 Å². The van der Waals surface area contributed by atoms with Crippen LogP contribution in [0, 0.1) is 12.7 Å². The highest BCUT2D eigenvalue weighted by molar-refractivity contribution is 5.58. The Morgan fingerprint density at radius 3 is 2.35 bits per heavy atom. The molecule has 0 unspecified atom stereocenters. The maximum absolute atomic E-state index is 13.8. The van der Waals surface area contributed by atoms with Crippen molar-refractivity contribution in [2.24, 2.45) is 0 Å². The highest BCUT2D eigenvalue weighted by Gasteiger charge is 2.13. The normalized spacial score (nSPS) is 10.9.